The highest BCUT2D eigenvalue weighted by atomic mass is 16.6. The van der Waals surface area contributed by atoms with E-state index in [1.54, 1.807) is 0 Å². The Hall–Kier alpha value is -1.52. The zero-order valence-electron chi connectivity index (χ0n) is 14.4. The van der Waals surface area contributed by atoms with Crippen molar-refractivity contribution in [2.24, 2.45) is 0 Å². The van der Waals surface area contributed by atoms with Gasteiger partial charge in [-0.05, 0) is 40.0 Å². The summed E-state index contributed by atoms with van der Waals surface area (Å²) in [6, 6.07) is 0.238. The first-order valence-electron chi connectivity index (χ1n) is 8.43. The number of hydrogen-bond acceptors (Lipinski definition) is 2. The van der Waals surface area contributed by atoms with Gasteiger partial charge in [0.2, 0.25) is 6.33 Å². The maximum Gasteiger partial charge on any atom is 0.410 e. The van der Waals surface area contributed by atoms with E-state index >= 15 is 0 Å². The van der Waals surface area contributed by atoms with E-state index in [2.05, 4.69) is 34.8 Å². The Balaban J connectivity index is 1.93. The van der Waals surface area contributed by atoms with Crippen LogP contribution in [0.15, 0.2) is 18.7 Å². The summed E-state index contributed by atoms with van der Waals surface area (Å²) >= 11 is 0. The van der Waals surface area contributed by atoms with Crippen LogP contribution in [0, 0.1) is 0 Å². The third-order valence-electron chi connectivity index (χ3n) is 3.94. The fraction of sp³-hybridized carbons (Fsp3) is 0.765. The summed E-state index contributed by atoms with van der Waals surface area (Å²) in [5.74, 6) is 0. The lowest BCUT2D eigenvalue weighted by Gasteiger charge is -2.27. The minimum atomic E-state index is -0.430. The second kappa shape index (κ2) is 7.16. The van der Waals surface area contributed by atoms with Gasteiger partial charge in [-0.2, -0.15) is 0 Å². The molecule has 0 bridgehead atoms. The molecule has 1 aromatic rings. The van der Waals surface area contributed by atoms with E-state index in [-0.39, 0.29) is 12.1 Å². The van der Waals surface area contributed by atoms with Gasteiger partial charge in [-0.15, -0.1) is 0 Å². The number of carbonyl (C=O) groups is 1. The molecule has 1 fully saturated rings. The molecule has 0 unspecified atom stereocenters. The van der Waals surface area contributed by atoms with Crippen molar-refractivity contribution in [1.29, 1.82) is 0 Å². The Labute approximate surface area is 133 Å². The van der Waals surface area contributed by atoms with Crippen molar-refractivity contribution >= 4 is 6.09 Å². The number of imidazole rings is 1. The van der Waals surface area contributed by atoms with Gasteiger partial charge in [-0.3, -0.25) is 0 Å². The van der Waals surface area contributed by atoms with Crippen LogP contribution in [0.3, 0.4) is 0 Å². The molecular formula is C17H30N3O2+. The Morgan fingerprint density at radius 1 is 1.41 bits per heavy atom. The van der Waals surface area contributed by atoms with Gasteiger partial charge in [0.05, 0.1) is 12.6 Å². The molecule has 0 aromatic carbocycles. The van der Waals surface area contributed by atoms with E-state index in [9.17, 15) is 4.79 Å². The molecule has 0 spiro atoms. The first-order chi connectivity index (χ1) is 10.4. The van der Waals surface area contributed by atoms with Crippen LogP contribution in [0.5, 0.6) is 0 Å². The van der Waals surface area contributed by atoms with Gasteiger partial charge in [0.25, 0.3) is 0 Å². The van der Waals surface area contributed by atoms with Crippen LogP contribution < -0.4 is 4.57 Å². The van der Waals surface area contributed by atoms with E-state index in [4.69, 9.17) is 4.74 Å². The van der Waals surface area contributed by atoms with Crippen LogP contribution in [-0.2, 0) is 17.8 Å². The zero-order chi connectivity index (χ0) is 16.2. The summed E-state index contributed by atoms with van der Waals surface area (Å²) in [7, 11) is 0. The van der Waals surface area contributed by atoms with E-state index in [0.717, 1.165) is 32.5 Å². The first kappa shape index (κ1) is 16.8. The molecule has 2 rings (SSSR count). The van der Waals surface area contributed by atoms with Crippen LogP contribution in [0.25, 0.3) is 0 Å². The molecule has 1 saturated heterocycles. The van der Waals surface area contributed by atoms with Gasteiger partial charge in [-0.25, -0.2) is 13.9 Å². The largest absolute Gasteiger partial charge is 0.444 e. The SMILES string of the molecule is CCCCn1cc[n+](C[C@@H]2CCCN2C(=O)OC(C)(C)C)c1. The molecule has 1 aliphatic heterocycles. The highest BCUT2D eigenvalue weighted by Gasteiger charge is 2.33. The Kier molecular flexibility index (Phi) is 5.48. The van der Waals surface area contributed by atoms with Crippen LogP contribution in [-0.4, -0.2) is 33.7 Å². The summed E-state index contributed by atoms with van der Waals surface area (Å²) in [4.78, 5) is 14.2. The molecule has 1 aliphatic rings. The van der Waals surface area contributed by atoms with Crippen LogP contribution in [0.1, 0.15) is 53.4 Å². The van der Waals surface area contributed by atoms with Crippen molar-refractivity contribution in [3.63, 3.8) is 0 Å². The lowest BCUT2D eigenvalue weighted by Crippen LogP contribution is -2.47. The normalized spacial score (nSPS) is 18.7. The number of likely N-dealkylation sites (tertiary alicyclic amines) is 1. The van der Waals surface area contributed by atoms with Gasteiger partial charge in [0.15, 0.2) is 0 Å². The molecule has 2 heterocycles. The quantitative estimate of drug-likeness (QED) is 0.784. The number of ether oxygens (including phenoxy) is 1. The molecule has 0 aliphatic carbocycles. The molecule has 1 atom stereocenters. The van der Waals surface area contributed by atoms with Crippen molar-refractivity contribution in [3.05, 3.63) is 18.7 Å². The Morgan fingerprint density at radius 2 is 2.18 bits per heavy atom. The number of unbranched alkanes of at least 4 members (excludes halogenated alkanes) is 1. The molecule has 1 aromatic heterocycles. The van der Waals surface area contributed by atoms with E-state index in [1.807, 2.05) is 25.7 Å². The minimum Gasteiger partial charge on any atom is -0.444 e. The minimum absolute atomic E-state index is 0.180. The summed E-state index contributed by atoms with van der Waals surface area (Å²) in [5, 5.41) is 0. The highest BCUT2D eigenvalue weighted by Crippen LogP contribution is 2.20. The molecule has 0 radical (unpaired) electrons. The third kappa shape index (κ3) is 4.75. The summed E-state index contributed by atoms with van der Waals surface area (Å²) in [6.07, 6.45) is 10.7. The van der Waals surface area contributed by atoms with Crippen molar-refractivity contribution in [2.75, 3.05) is 6.54 Å². The van der Waals surface area contributed by atoms with Gasteiger partial charge in [0.1, 0.15) is 24.5 Å². The first-order valence-corrected chi connectivity index (χ1v) is 8.43. The monoisotopic (exact) mass is 308 g/mol. The average molecular weight is 308 g/mol. The fourth-order valence-electron chi connectivity index (χ4n) is 2.85. The molecule has 22 heavy (non-hydrogen) atoms. The number of rotatable bonds is 5. The summed E-state index contributed by atoms with van der Waals surface area (Å²) < 4.78 is 9.92. The number of carbonyl (C=O) groups excluding carboxylic acids is 1. The van der Waals surface area contributed by atoms with Gasteiger partial charge >= 0.3 is 6.09 Å². The predicted molar refractivity (Wildman–Crippen MR) is 85.5 cm³/mol. The van der Waals surface area contributed by atoms with Crippen molar-refractivity contribution < 1.29 is 14.1 Å². The Morgan fingerprint density at radius 3 is 2.86 bits per heavy atom. The fourth-order valence-corrected chi connectivity index (χ4v) is 2.85. The number of hydrogen-bond donors (Lipinski definition) is 0. The van der Waals surface area contributed by atoms with Crippen molar-refractivity contribution in [2.45, 2.75) is 78.1 Å². The van der Waals surface area contributed by atoms with Gasteiger partial charge in [0, 0.05) is 6.54 Å². The van der Waals surface area contributed by atoms with Crippen LogP contribution in [0.4, 0.5) is 4.79 Å². The topological polar surface area (TPSA) is 38.3 Å². The standard InChI is InChI=1S/C17H30N3O2/c1-5-6-9-18-11-12-19(14-18)13-15-8-7-10-20(15)16(21)22-17(2,3)4/h11-12,14-15H,5-10,13H2,1-4H3/q+1/t15-/m0/s1. The predicted octanol–water partition coefficient (Wildman–Crippen LogP) is 2.98. The average Bonchev–Trinajstić information content (AvgIpc) is 3.04. The maximum absolute atomic E-state index is 12.3. The van der Waals surface area contributed by atoms with Crippen molar-refractivity contribution in [3.8, 4) is 0 Å². The molecule has 124 valence electrons. The molecule has 5 nitrogen and oxygen atoms in total. The summed E-state index contributed by atoms with van der Waals surface area (Å²) in [5.41, 5.74) is -0.430. The molecule has 1 amide bonds. The molecule has 0 N–H and O–H groups in total. The molecule has 0 saturated carbocycles. The second-order valence-electron chi connectivity index (χ2n) is 7.17. The molecular weight excluding hydrogens is 278 g/mol. The number of amides is 1. The third-order valence-corrected chi connectivity index (χ3v) is 3.94. The maximum atomic E-state index is 12.3. The van der Waals surface area contributed by atoms with Gasteiger partial charge < -0.3 is 9.64 Å². The zero-order valence-corrected chi connectivity index (χ0v) is 14.4. The number of nitrogens with zero attached hydrogens (tertiary/aromatic N) is 3. The van der Waals surface area contributed by atoms with Crippen molar-refractivity contribution in [1.82, 2.24) is 9.47 Å². The van der Waals surface area contributed by atoms with Gasteiger partial charge in [-0.1, -0.05) is 13.3 Å². The van der Waals surface area contributed by atoms with E-state index in [1.165, 1.54) is 12.8 Å². The lowest BCUT2D eigenvalue weighted by atomic mass is 10.2. The second-order valence-corrected chi connectivity index (χ2v) is 7.17. The lowest BCUT2D eigenvalue weighted by molar-refractivity contribution is -0.700. The molecule has 5 heteroatoms. The van der Waals surface area contributed by atoms with E-state index < -0.39 is 5.60 Å². The number of aryl methyl sites for hydroxylation is 1. The smallest absolute Gasteiger partial charge is 0.410 e. The summed E-state index contributed by atoms with van der Waals surface area (Å²) in [6.45, 7) is 10.7. The van der Waals surface area contributed by atoms with Crippen LogP contribution >= 0.6 is 0 Å². The highest BCUT2D eigenvalue weighted by molar-refractivity contribution is 5.68. The van der Waals surface area contributed by atoms with E-state index in [0.29, 0.717) is 0 Å². The Bertz CT molecular complexity index is 490. The number of aromatic nitrogens is 2. The van der Waals surface area contributed by atoms with Crippen LogP contribution in [0.2, 0.25) is 0 Å².